The van der Waals surface area contributed by atoms with Crippen molar-refractivity contribution >= 4 is 12.6 Å². The average Bonchev–Trinajstić information content (AvgIpc) is 2.21. The van der Waals surface area contributed by atoms with Crippen molar-refractivity contribution in [3.05, 3.63) is 47.6 Å². The van der Waals surface area contributed by atoms with Crippen LogP contribution in [0.3, 0.4) is 0 Å². The molecule has 0 heterocycles. The van der Waals surface area contributed by atoms with E-state index in [1.807, 2.05) is 19.1 Å². The zero-order chi connectivity index (χ0) is 10.8. The lowest BCUT2D eigenvalue weighted by atomic mass is 10.2. The van der Waals surface area contributed by atoms with Crippen LogP contribution in [0.15, 0.2) is 47.6 Å². The molecule has 0 atom stereocenters. The summed E-state index contributed by atoms with van der Waals surface area (Å²) in [6.45, 7) is 3.63. The Balaban J connectivity index is 4.20. The number of hydrogen-bond acceptors (Lipinski definition) is 2. The summed E-state index contributed by atoms with van der Waals surface area (Å²) in [7, 11) is 0. The lowest BCUT2D eigenvalue weighted by Gasteiger charge is -1.85. The van der Waals surface area contributed by atoms with Gasteiger partial charge in [0.25, 0.3) is 0 Å². The fraction of sp³-hybridized carbons (Fsp3) is 0.167. The molecule has 0 aromatic heterocycles. The highest BCUT2D eigenvalue weighted by atomic mass is 16.1. The van der Waals surface area contributed by atoms with Gasteiger partial charge in [-0.2, -0.15) is 0 Å². The summed E-state index contributed by atoms with van der Waals surface area (Å²) in [5.41, 5.74) is 1.65. The molecule has 0 aliphatic heterocycles. The van der Waals surface area contributed by atoms with Crippen molar-refractivity contribution in [3.63, 3.8) is 0 Å². The van der Waals surface area contributed by atoms with E-state index in [1.54, 1.807) is 25.2 Å². The maximum absolute atomic E-state index is 10.2. The molecule has 0 N–H and O–H groups in total. The van der Waals surface area contributed by atoms with Gasteiger partial charge in [-0.05, 0) is 25.5 Å². The second-order valence-corrected chi connectivity index (χ2v) is 2.82. The number of carbonyl (C=O) groups is 2. The fourth-order valence-corrected chi connectivity index (χ4v) is 0.701. The first-order valence-electron chi connectivity index (χ1n) is 4.29. The van der Waals surface area contributed by atoms with Crippen LogP contribution in [0.1, 0.15) is 13.8 Å². The third-order valence-corrected chi connectivity index (χ3v) is 1.45. The van der Waals surface area contributed by atoms with Gasteiger partial charge >= 0.3 is 0 Å². The van der Waals surface area contributed by atoms with E-state index >= 15 is 0 Å². The van der Waals surface area contributed by atoms with Crippen molar-refractivity contribution in [2.75, 3.05) is 0 Å². The summed E-state index contributed by atoms with van der Waals surface area (Å²) in [5.74, 6) is 0. The molecule has 0 aliphatic carbocycles. The van der Waals surface area contributed by atoms with Crippen LogP contribution in [0, 0.1) is 0 Å². The minimum atomic E-state index is 0.677. The average molecular weight is 190 g/mol. The Hall–Kier alpha value is -1.70. The molecule has 14 heavy (non-hydrogen) atoms. The van der Waals surface area contributed by atoms with Gasteiger partial charge in [0.05, 0.1) is 0 Å². The first-order valence-corrected chi connectivity index (χ1v) is 4.29. The summed E-state index contributed by atoms with van der Waals surface area (Å²) in [4.78, 5) is 20.2. The summed E-state index contributed by atoms with van der Waals surface area (Å²) in [6, 6.07) is 0. The van der Waals surface area contributed by atoms with Crippen LogP contribution in [0.2, 0.25) is 0 Å². The molecule has 2 heteroatoms. The quantitative estimate of drug-likeness (QED) is 0.379. The molecule has 0 bridgehead atoms. The highest BCUT2D eigenvalue weighted by Crippen LogP contribution is 1.95. The molecule has 0 unspecified atom stereocenters. The molecule has 0 amide bonds. The van der Waals surface area contributed by atoms with E-state index in [2.05, 4.69) is 0 Å². The normalized spacial score (nSPS) is 13.9. The molecule has 0 fully saturated rings. The highest BCUT2D eigenvalue weighted by Gasteiger charge is 1.78. The third kappa shape index (κ3) is 6.98. The molecule has 0 aromatic rings. The second-order valence-electron chi connectivity index (χ2n) is 2.82. The number of hydrogen-bond donors (Lipinski definition) is 0. The summed E-state index contributed by atoms with van der Waals surface area (Å²) in [5, 5.41) is 0. The van der Waals surface area contributed by atoms with Gasteiger partial charge in [-0.15, -0.1) is 0 Å². The van der Waals surface area contributed by atoms with Gasteiger partial charge in [0, 0.05) is 0 Å². The van der Waals surface area contributed by atoms with E-state index in [0.29, 0.717) is 5.57 Å². The number of rotatable bonds is 5. The van der Waals surface area contributed by atoms with Gasteiger partial charge < -0.3 is 0 Å². The van der Waals surface area contributed by atoms with Crippen molar-refractivity contribution in [2.24, 2.45) is 0 Å². The Labute approximate surface area is 84.3 Å². The molecule has 0 spiro atoms. The molecule has 74 valence electrons. The minimum Gasteiger partial charge on any atom is -0.299 e. The van der Waals surface area contributed by atoms with Crippen molar-refractivity contribution in [1.29, 1.82) is 0 Å². The van der Waals surface area contributed by atoms with Crippen LogP contribution in [-0.4, -0.2) is 12.6 Å². The molecule has 0 radical (unpaired) electrons. The van der Waals surface area contributed by atoms with Crippen LogP contribution in [0.25, 0.3) is 0 Å². The Morgan fingerprint density at radius 1 is 0.857 bits per heavy atom. The molecule has 2 nitrogen and oxygen atoms in total. The molecular formula is C12H14O2. The van der Waals surface area contributed by atoms with Gasteiger partial charge in [0.1, 0.15) is 12.6 Å². The van der Waals surface area contributed by atoms with Gasteiger partial charge in [-0.3, -0.25) is 9.59 Å². The van der Waals surface area contributed by atoms with Crippen LogP contribution >= 0.6 is 0 Å². The Morgan fingerprint density at radius 2 is 1.43 bits per heavy atom. The standard InChI is InChI=1S/C12H14O2/c1-11(8-5-9-13)6-3-4-7-12(2)10-14/h3-10H,1-2H3/b4-3+,8-5+,11-6+,12-7+. The zero-order valence-electron chi connectivity index (χ0n) is 8.44. The van der Waals surface area contributed by atoms with Crippen molar-refractivity contribution in [3.8, 4) is 0 Å². The van der Waals surface area contributed by atoms with Gasteiger partial charge in [0.2, 0.25) is 0 Å². The summed E-state index contributed by atoms with van der Waals surface area (Å²) in [6.07, 6.45) is 11.9. The van der Waals surface area contributed by atoms with Gasteiger partial charge in [-0.25, -0.2) is 0 Å². The van der Waals surface area contributed by atoms with Crippen LogP contribution in [0.5, 0.6) is 0 Å². The van der Waals surface area contributed by atoms with Crippen molar-refractivity contribution in [1.82, 2.24) is 0 Å². The van der Waals surface area contributed by atoms with Gasteiger partial charge in [-0.1, -0.05) is 36.0 Å². The Bertz CT molecular complexity index is 304. The fourth-order valence-electron chi connectivity index (χ4n) is 0.701. The van der Waals surface area contributed by atoms with Crippen molar-refractivity contribution in [2.45, 2.75) is 13.8 Å². The Morgan fingerprint density at radius 3 is 1.93 bits per heavy atom. The van der Waals surface area contributed by atoms with E-state index in [1.165, 1.54) is 6.08 Å². The molecular weight excluding hydrogens is 176 g/mol. The second kappa shape index (κ2) is 7.92. The SMILES string of the molecule is C\C(C=O)=C/C=C/C=C(C)/C=C/C=O. The minimum absolute atomic E-state index is 0.677. The molecule has 0 aliphatic rings. The topological polar surface area (TPSA) is 34.1 Å². The van der Waals surface area contributed by atoms with E-state index in [0.717, 1.165) is 18.1 Å². The van der Waals surface area contributed by atoms with Crippen LogP contribution in [-0.2, 0) is 9.59 Å². The molecule has 0 aromatic carbocycles. The van der Waals surface area contributed by atoms with Crippen LogP contribution < -0.4 is 0 Å². The van der Waals surface area contributed by atoms with E-state index in [-0.39, 0.29) is 0 Å². The van der Waals surface area contributed by atoms with Crippen LogP contribution in [0.4, 0.5) is 0 Å². The smallest absolute Gasteiger partial charge is 0.145 e. The first kappa shape index (κ1) is 12.3. The first-order chi connectivity index (χ1) is 6.70. The molecule has 0 saturated carbocycles. The Kier molecular flexibility index (Phi) is 6.96. The molecule has 0 rings (SSSR count). The lowest BCUT2D eigenvalue weighted by molar-refractivity contribution is -0.105. The summed E-state index contributed by atoms with van der Waals surface area (Å²) >= 11 is 0. The van der Waals surface area contributed by atoms with Gasteiger partial charge in [0.15, 0.2) is 0 Å². The van der Waals surface area contributed by atoms with E-state index in [9.17, 15) is 9.59 Å². The predicted octanol–water partition coefficient (Wildman–Crippen LogP) is 2.39. The van der Waals surface area contributed by atoms with Crippen molar-refractivity contribution < 1.29 is 9.59 Å². The largest absolute Gasteiger partial charge is 0.299 e. The summed E-state index contributed by atoms with van der Waals surface area (Å²) < 4.78 is 0. The monoisotopic (exact) mass is 190 g/mol. The zero-order valence-corrected chi connectivity index (χ0v) is 8.44. The number of carbonyl (C=O) groups excluding carboxylic acids is 2. The maximum Gasteiger partial charge on any atom is 0.145 e. The third-order valence-electron chi connectivity index (χ3n) is 1.45. The van der Waals surface area contributed by atoms with E-state index < -0.39 is 0 Å². The number of aldehydes is 2. The highest BCUT2D eigenvalue weighted by molar-refractivity contribution is 5.72. The maximum atomic E-state index is 10.2. The van der Waals surface area contributed by atoms with E-state index in [4.69, 9.17) is 0 Å². The molecule has 0 saturated heterocycles. The lowest BCUT2D eigenvalue weighted by Crippen LogP contribution is -1.72. The predicted molar refractivity (Wildman–Crippen MR) is 57.9 cm³/mol. The number of allylic oxidation sites excluding steroid dienone is 8.